The molecule has 0 amide bonds. The van der Waals surface area contributed by atoms with Gasteiger partial charge in [-0.05, 0) is 40.7 Å². The molecule has 0 aromatic carbocycles. The number of hydroxylamine groups is 2. The van der Waals surface area contributed by atoms with Gasteiger partial charge in [-0.3, -0.25) is 9.36 Å². The Balaban J connectivity index is 3.40. The zero-order valence-corrected chi connectivity index (χ0v) is 15.0. The van der Waals surface area contributed by atoms with Crippen molar-refractivity contribution < 1.29 is 28.4 Å². The van der Waals surface area contributed by atoms with Crippen LogP contribution >= 0.6 is 7.60 Å². The van der Waals surface area contributed by atoms with E-state index >= 15 is 0 Å². The topological polar surface area (TPSA) is 85.3 Å². The lowest BCUT2D eigenvalue weighted by molar-refractivity contribution is -0.205. The molecule has 22 heavy (non-hydrogen) atoms. The Morgan fingerprint density at radius 1 is 1.32 bits per heavy atom. The molecule has 1 aliphatic rings. The van der Waals surface area contributed by atoms with E-state index in [-0.39, 0.29) is 19.6 Å². The fraction of sp³-hybridized carbons (Fsp3) is 0.786. The average molecular weight is 335 g/mol. The molecule has 0 aromatic heterocycles. The predicted octanol–water partition coefficient (Wildman–Crippen LogP) is 3.29. The third-order valence-corrected chi connectivity index (χ3v) is 6.09. The number of hydrogen-bond donors (Lipinski definition) is 1. The van der Waals surface area contributed by atoms with Gasteiger partial charge in [0.25, 0.3) is 0 Å². The third kappa shape index (κ3) is 3.60. The normalized spacial score (nSPS) is 25.7. The first kappa shape index (κ1) is 19.3. The average Bonchev–Trinajstić information content (AvgIpc) is 2.35. The Kier molecular flexibility index (Phi) is 5.98. The Labute approximate surface area is 131 Å². The molecule has 7 nitrogen and oxygen atoms in total. The van der Waals surface area contributed by atoms with Crippen molar-refractivity contribution >= 4 is 13.6 Å². The van der Waals surface area contributed by atoms with Crippen molar-refractivity contribution in [3.05, 3.63) is 11.8 Å². The molecule has 0 spiro atoms. The van der Waals surface area contributed by atoms with Crippen molar-refractivity contribution in [3.63, 3.8) is 0 Å². The fourth-order valence-corrected chi connectivity index (χ4v) is 4.70. The van der Waals surface area contributed by atoms with Gasteiger partial charge in [0.2, 0.25) is 0 Å². The molecule has 1 heterocycles. The molecular weight excluding hydrogens is 309 g/mol. The Morgan fingerprint density at radius 2 is 1.82 bits per heavy atom. The molecule has 1 N–H and O–H groups in total. The van der Waals surface area contributed by atoms with Crippen LogP contribution in [0.3, 0.4) is 0 Å². The smallest absolute Gasteiger partial charge is 0.356 e. The summed E-state index contributed by atoms with van der Waals surface area (Å²) in [6, 6.07) is 0. The molecule has 0 aromatic rings. The van der Waals surface area contributed by atoms with Crippen molar-refractivity contribution in [1.82, 2.24) is 5.06 Å². The van der Waals surface area contributed by atoms with Crippen LogP contribution in [0.15, 0.2) is 11.8 Å². The predicted molar refractivity (Wildman–Crippen MR) is 81.4 cm³/mol. The molecule has 0 fully saturated rings. The molecule has 8 heteroatoms. The van der Waals surface area contributed by atoms with Crippen LogP contribution in [-0.2, 0) is 23.1 Å². The van der Waals surface area contributed by atoms with Crippen LogP contribution < -0.4 is 0 Å². The van der Waals surface area contributed by atoms with Gasteiger partial charge >= 0.3 is 13.6 Å². The van der Waals surface area contributed by atoms with E-state index in [1.165, 1.54) is 13.0 Å². The zero-order valence-electron chi connectivity index (χ0n) is 14.1. The van der Waals surface area contributed by atoms with Crippen molar-refractivity contribution in [2.24, 2.45) is 0 Å². The van der Waals surface area contributed by atoms with Gasteiger partial charge in [-0.2, -0.15) is 5.06 Å². The van der Waals surface area contributed by atoms with Gasteiger partial charge in [-0.1, -0.05) is 0 Å². The van der Waals surface area contributed by atoms with Gasteiger partial charge in [-0.25, -0.2) is 0 Å². The Bertz CT molecular complexity index is 494. The number of carbonyl (C=O) groups is 1. The molecule has 128 valence electrons. The van der Waals surface area contributed by atoms with Gasteiger partial charge in [0.1, 0.15) is 5.76 Å². The molecule has 1 atom stereocenters. The Hall–Kier alpha value is -0.720. The lowest BCUT2D eigenvalue weighted by Crippen LogP contribution is -2.57. The number of carbonyl (C=O) groups excluding carboxylic acids is 1. The molecule has 0 saturated carbocycles. The van der Waals surface area contributed by atoms with Gasteiger partial charge in [0, 0.05) is 18.9 Å². The van der Waals surface area contributed by atoms with E-state index in [9.17, 15) is 14.6 Å². The summed E-state index contributed by atoms with van der Waals surface area (Å²) < 4.78 is 29.1. The van der Waals surface area contributed by atoms with E-state index in [0.717, 1.165) is 5.06 Å². The van der Waals surface area contributed by atoms with Gasteiger partial charge < -0.3 is 19.0 Å². The summed E-state index contributed by atoms with van der Waals surface area (Å²) in [6.07, 6.45) is 1.74. The summed E-state index contributed by atoms with van der Waals surface area (Å²) >= 11 is 0. The number of nitrogens with zero attached hydrogens (tertiary/aromatic N) is 1. The highest BCUT2D eigenvalue weighted by Gasteiger charge is 2.57. The second kappa shape index (κ2) is 6.81. The molecule has 1 unspecified atom stereocenters. The van der Waals surface area contributed by atoms with Crippen LogP contribution in [0.2, 0.25) is 0 Å². The first-order valence-electron chi connectivity index (χ1n) is 7.31. The number of hydrogen-bond acceptors (Lipinski definition) is 7. The first-order valence-corrected chi connectivity index (χ1v) is 8.85. The lowest BCUT2D eigenvalue weighted by atomic mass is 9.92. The molecule has 1 aliphatic heterocycles. The minimum absolute atomic E-state index is 0.165. The van der Waals surface area contributed by atoms with E-state index < -0.39 is 24.4 Å². The van der Waals surface area contributed by atoms with Gasteiger partial charge in [0.15, 0.2) is 5.28 Å². The summed E-state index contributed by atoms with van der Waals surface area (Å²) in [6.45, 7) is 10.1. The maximum atomic E-state index is 13.2. The monoisotopic (exact) mass is 335 g/mol. The van der Waals surface area contributed by atoms with Crippen molar-refractivity contribution in [2.45, 2.75) is 58.8 Å². The minimum Gasteiger partial charge on any atom is -0.431 e. The standard InChI is InChI=1S/C14H26NO6P/c1-7-19-22(18,20-8-2)14(6)10-12(21-11(3)16)9-13(4,5)15(14)17/h10,17H,7-9H2,1-6H3. The van der Waals surface area contributed by atoms with Crippen LogP contribution in [0, 0.1) is 0 Å². The molecule has 0 radical (unpaired) electrons. The number of rotatable bonds is 6. The minimum atomic E-state index is -3.72. The van der Waals surface area contributed by atoms with Crippen molar-refractivity contribution in [1.29, 1.82) is 0 Å². The first-order chi connectivity index (χ1) is 10.0. The maximum Gasteiger partial charge on any atom is 0.356 e. The third-order valence-electron chi connectivity index (χ3n) is 3.47. The van der Waals surface area contributed by atoms with Crippen molar-refractivity contribution in [2.75, 3.05) is 13.2 Å². The van der Waals surface area contributed by atoms with Crippen LogP contribution in [0.4, 0.5) is 0 Å². The Morgan fingerprint density at radius 3 is 2.23 bits per heavy atom. The number of esters is 1. The highest BCUT2D eigenvalue weighted by Crippen LogP contribution is 2.64. The SMILES string of the molecule is CCOP(=O)(OCC)C1(C)C=C(OC(C)=O)CC(C)(C)N1O. The van der Waals surface area contributed by atoms with Crippen LogP contribution in [0.25, 0.3) is 0 Å². The van der Waals surface area contributed by atoms with E-state index in [0.29, 0.717) is 5.76 Å². The second-order valence-electron chi connectivity index (χ2n) is 5.93. The largest absolute Gasteiger partial charge is 0.431 e. The van der Waals surface area contributed by atoms with Crippen LogP contribution in [0.1, 0.15) is 48.0 Å². The lowest BCUT2D eigenvalue weighted by Gasteiger charge is -2.49. The molecule has 1 rings (SSSR count). The van der Waals surface area contributed by atoms with Gasteiger partial charge in [-0.15, -0.1) is 0 Å². The molecule has 0 aliphatic carbocycles. The highest BCUT2D eigenvalue weighted by molar-refractivity contribution is 7.55. The summed E-state index contributed by atoms with van der Waals surface area (Å²) in [4.78, 5) is 11.2. The van der Waals surface area contributed by atoms with E-state index in [2.05, 4.69) is 0 Å². The molecule has 0 saturated heterocycles. The quantitative estimate of drug-likeness (QED) is 0.589. The summed E-state index contributed by atoms with van der Waals surface area (Å²) in [5.74, 6) is -0.136. The van der Waals surface area contributed by atoms with E-state index in [4.69, 9.17) is 13.8 Å². The zero-order chi connectivity index (χ0) is 17.2. The maximum absolute atomic E-state index is 13.2. The second-order valence-corrected chi connectivity index (χ2v) is 8.35. The number of ether oxygens (including phenoxy) is 1. The van der Waals surface area contributed by atoms with E-state index in [1.807, 2.05) is 0 Å². The van der Waals surface area contributed by atoms with E-state index in [1.54, 1.807) is 34.6 Å². The fourth-order valence-electron chi connectivity index (χ4n) is 2.61. The summed E-state index contributed by atoms with van der Waals surface area (Å²) in [7, 11) is -3.72. The van der Waals surface area contributed by atoms with Crippen LogP contribution in [0.5, 0.6) is 0 Å². The summed E-state index contributed by atoms with van der Waals surface area (Å²) in [5, 5.41) is 10.1. The molecular formula is C14H26NO6P. The van der Waals surface area contributed by atoms with Crippen molar-refractivity contribution in [3.8, 4) is 0 Å². The molecule has 0 bridgehead atoms. The van der Waals surface area contributed by atoms with Gasteiger partial charge in [0.05, 0.1) is 13.2 Å². The van der Waals surface area contributed by atoms with Crippen LogP contribution in [-0.4, -0.2) is 40.3 Å². The highest BCUT2D eigenvalue weighted by atomic mass is 31.2. The summed E-state index contributed by atoms with van der Waals surface area (Å²) in [5.41, 5.74) is -0.807.